The van der Waals surface area contributed by atoms with Crippen LogP contribution in [-0.2, 0) is 11.0 Å². The lowest BCUT2D eigenvalue weighted by Crippen LogP contribution is -2.39. The third-order valence-electron chi connectivity index (χ3n) is 2.43. The van der Waals surface area contributed by atoms with Crippen molar-refractivity contribution in [3.05, 3.63) is 22.8 Å². The molecule has 1 aromatic heterocycles. The zero-order valence-electron chi connectivity index (χ0n) is 10.3. The van der Waals surface area contributed by atoms with Crippen molar-refractivity contribution < 1.29 is 18.0 Å². The second kappa shape index (κ2) is 5.64. The fourth-order valence-electron chi connectivity index (χ4n) is 1.41. The van der Waals surface area contributed by atoms with Crippen molar-refractivity contribution >= 4 is 23.3 Å². The molecule has 0 radical (unpaired) electrons. The molecule has 0 spiro atoms. The molecule has 8 heteroatoms. The molecule has 0 fully saturated rings. The van der Waals surface area contributed by atoms with Crippen molar-refractivity contribution in [2.24, 2.45) is 11.7 Å². The number of anilines is 1. The van der Waals surface area contributed by atoms with Gasteiger partial charge in [0, 0.05) is 6.20 Å². The van der Waals surface area contributed by atoms with Crippen LogP contribution in [0.4, 0.5) is 19.0 Å². The van der Waals surface area contributed by atoms with E-state index in [4.69, 9.17) is 17.3 Å². The Morgan fingerprint density at radius 2 is 2.05 bits per heavy atom. The predicted molar refractivity (Wildman–Crippen MR) is 65.7 cm³/mol. The number of nitrogens with one attached hydrogen (secondary N) is 1. The molecule has 106 valence electrons. The lowest BCUT2D eigenvalue weighted by atomic mass is 10.0. The number of rotatable bonds is 4. The number of hydrogen-bond acceptors (Lipinski definition) is 3. The highest BCUT2D eigenvalue weighted by molar-refractivity contribution is 6.33. The highest BCUT2D eigenvalue weighted by Crippen LogP contribution is 2.32. The highest BCUT2D eigenvalue weighted by Gasteiger charge is 2.32. The third-order valence-corrected chi connectivity index (χ3v) is 2.72. The number of nitrogens with zero attached hydrogens (tertiary/aromatic N) is 1. The van der Waals surface area contributed by atoms with E-state index < -0.39 is 23.7 Å². The molecule has 1 heterocycles. The Hall–Kier alpha value is -1.50. The monoisotopic (exact) mass is 295 g/mol. The van der Waals surface area contributed by atoms with Crippen LogP contribution in [0.25, 0.3) is 0 Å². The van der Waals surface area contributed by atoms with Gasteiger partial charge in [0.05, 0.1) is 10.6 Å². The standard InChI is InChI=1S/C11H13ClF3N3O/c1-5(2)8(9(16)19)18-10-7(12)3-6(4-17-10)11(13,14)15/h3-5,8H,1-2H3,(H2,16,19)(H,17,18). The lowest BCUT2D eigenvalue weighted by Gasteiger charge is -2.20. The Bertz CT molecular complexity index is 477. The molecule has 1 rings (SSSR count). The van der Waals surface area contributed by atoms with E-state index in [-0.39, 0.29) is 16.8 Å². The van der Waals surface area contributed by atoms with Gasteiger partial charge in [0.15, 0.2) is 0 Å². The summed E-state index contributed by atoms with van der Waals surface area (Å²) in [6.45, 7) is 3.47. The molecule has 0 aromatic carbocycles. The van der Waals surface area contributed by atoms with Crippen LogP contribution < -0.4 is 11.1 Å². The van der Waals surface area contributed by atoms with Crippen molar-refractivity contribution in [3.63, 3.8) is 0 Å². The minimum atomic E-state index is -4.52. The molecular weight excluding hydrogens is 283 g/mol. The molecule has 0 aliphatic carbocycles. The molecule has 0 aliphatic rings. The van der Waals surface area contributed by atoms with Crippen LogP contribution in [0.2, 0.25) is 5.02 Å². The van der Waals surface area contributed by atoms with Gasteiger partial charge >= 0.3 is 6.18 Å². The summed E-state index contributed by atoms with van der Waals surface area (Å²) < 4.78 is 37.3. The molecule has 3 N–H and O–H groups in total. The van der Waals surface area contributed by atoms with Gasteiger partial charge in [0.25, 0.3) is 0 Å². The summed E-state index contributed by atoms with van der Waals surface area (Å²) in [5.41, 5.74) is 4.23. The van der Waals surface area contributed by atoms with Crippen molar-refractivity contribution in [2.45, 2.75) is 26.1 Å². The first-order valence-corrected chi connectivity index (χ1v) is 5.79. The Kier molecular flexibility index (Phi) is 4.62. The smallest absolute Gasteiger partial charge is 0.368 e. The molecule has 19 heavy (non-hydrogen) atoms. The van der Waals surface area contributed by atoms with E-state index in [1.54, 1.807) is 13.8 Å². The van der Waals surface area contributed by atoms with Crippen LogP contribution >= 0.6 is 11.6 Å². The lowest BCUT2D eigenvalue weighted by molar-refractivity contribution is -0.137. The summed E-state index contributed by atoms with van der Waals surface area (Å²) in [5, 5.41) is 2.42. The minimum absolute atomic E-state index is 0.00725. The number of nitrogens with two attached hydrogens (primary N) is 1. The van der Waals surface area contributed by atoms with E-state index in [2.05, 4.69) is 10.3 Å². The fourth-order valence-corrected chi connectivity index (χ4v) is 1.63. The fraction of sp³-hybridized carbons (Fsp3) is 0.455. The van der Waals surface area contributed by atoms with Crippen molar-refractivity contribution in [1.29, 1.82) is 0 Å². The second-order valence-electron chi connectivity index (χ2n) is 4.32. The average Bonchev–Trinajstić information content (AvgIpc) is 2.24. The second-order valence-corrected chi connectivity index (χ2v) is 4.73. The van der Waals surface area contributed by atoms with E-state index in [0.29, 0.717) is 6.20 Å². The summed E-state index contributed by atoms with van der Waals surface area (Å²) in [4.78, 5) is 14.8. The number of amides is 1. The van der Waals surface area contributed by atoms with Crippen LogP contribution in [0.3, 0.4) is 0 Å². The van der Waals surface area contributed by atoms with Gasteiger partial charge in [-0.1, -0.05) is 25.4 Å². The van der Waals surface area contributed by atoms with Crippen LogP contribution in [-0.4, -0.2) is 16.9 Å². The Morgan fingerprint density at radius 1 is 1.47 bits per heavy atom. The molecule has 0 saturated carbocycles. The number of pyridine rings is 1. The number of hydrogen-bond donors (Lipinski definition) is 2. The number of halogens is 4. The van der Waals surface area contributed by atoms with Crippen LogP contribution in [0, 0.1) is 5.92 Å². The maximum Gasteiger partial charge on any atom is 0.417 e. The maximum absolute atomic E-state index is 12.4. The molecule has 0 saturated heterocycles. The summed E-state index contributed by atoms with van der Waals surface area (Å²) >= 11 is 5.71. The van der Waals surface area contributed by atoms with Gasteiger partial charge in [0.1, 0.15) is 11.9 Å². The van der Waals surface area contributed by atoms with E-state index in [0.717, 1.165) is 6.07 Å². The predicted octanol–water partition coefficient (Wildman–Crippen LogP) is 2.68. The maximum atomic E-state index is 12.4. The first-order chi connectivity index (χ1) is 8.62. The van der Waals surface area contributed by atoms with Gasteiger partial charge in [-0.3, -0.25) is 4.79 Å². The van der Waals surface area contributed by atoms with Gasteiger partial charge in [-0.2, -0.15) is 13.2 Å². The van der Waals surface area contributed by atoms with Crippen LogP contribution in [0.5, 0.6) is 0 Å². The SMILES string of the molecule is CC(C)C(Nc1ncc(C(F)(F)F)cc1Cl)C(N)=O. The van der Waals surface area contributed by atoms with Gasteiger partial charge in [0.2, 0.25) is 5.91 Å². The Labute approximate surface area is 113 Å². The van der Waals surface area contributed by atoms with Gasteiger partial charge in [-0.05, 0) is 12.0 Å². The third kappa shape index (κ3) is 3.99. The van der Waals surface area contributed by atoms with Gasteiger partial charge in [-0.25, -0.2) is 4.98 Å². The van der Waals surface area contributed by atoms with Crippen molar-refractivity contribution in [3.8, 4) is 0 Å². The minimum Gasteiger partial charge on any atom is -0.368 e. The zero-order chi connectivity index (χ0) is 14.8. The number of carbonyl (C=O) groups is 1. The number of primary amides is 1. The molecule has 1 atom stereocenters. The van der Waals surface area contributed by atoms with Crippen molar-refractivity contribution in [1.82, 2.24) is 4.98 Å². The molecular formula is C11H13ClF3N3O. The van der Waals surface area contributed by atoms with Gasteiger partial charge in [-0.15, -0.1) is 0 Å². The van der Waals surface area contributed by atoms with E-state index >= 15 is 0 Å². The molecule has 4 nitrogen and oxygen atoms in total. The van der Waals surface area contributed by atoms with E-state index in [1.165, 1.54) is 0 Å². The number of aromatic nitrogens is 1. The van der Waals surface area contributed by atoms with Crippen LogP contribution in [0.1, 0.15) is 19.4 Å². The molecule has 1 unspecified atom stereocenters. The quantitative estimate of drug-likeness (QED) is 0.897. The van der Waals surface area contributed by atoms with E-state index in [9.17, 15) is 18.0 Å². The number of carbonyl (C=O) groups excluding carboxylic acids is 1. The molecule has 0 aliphatic heterocycles. The largest absolute Gasteiger partial charge is 0.417 e. The summed E-state index contributed by atoms with van der Waals surface area (Å²) in [7, 11) is 0. The average molecular weight is 296 g/mol. The van der Waals surface area contributed by atoms with E-state index in [1.807, 2.05) is 0 Å². The zero-order valence-corrected chi connectivity index (χ0v) is 11.0. The normalized spacial score (nSPS) is 13.4. The summed E-state index contributed by atoms with van der Waals surface area (Å²) in [5.74, 6) is -0.794. The molecule has 1 aromatic rings. The summed E-state index contributed by atoms with van der Waals surface area (Å²) in [6.07, 6.45) is -3.87. The first-order valence-electron chi connectivity index (χ1n) is 5.41. The number of alkyl halides is 3. The molecule has 0 bridgehead atoms. The summed E-state index contributed by atoms with van der Waals surface area (Å²) in [6, 6.07) is -0.0170. The topological polar surface area (TPSA) is 68.0 Å². The van der Waals surface area contributed by atoms with Crippen molar-refractivity contribution in [2.75, 3.05) is 5.32 Å². The Morgan fingerprint density at radius 3 is 2.42 bits per heavy atom. The highest BCUT2D eigenvalue weighted by atomic mass is 35.5. The molecule has 1 amide bonds. The first kappa shape index (κ1) is 15.6. The Balaban J connectivity index is 3.00. The van der Waals surface area contributed by atoms with Crippen LogP contribution in [0.15, 0.2) is 12.3 Å². The van der Waals surface area contributed by atoms with Gasteiger partial charge < -0.3 is 11.1 Å².